The molecule has 0 bridgehead atoms. The monoisotopic (exact) mass is 403 g/mol. The van der Waals surface area contributed by atoms with Crippen LogP contribution < -0.4 is 16.0 Å². The van der Waals surface area contributed by atoms with Gasteiger partial charge < -0.3 is 15.0 Å². The average Bonchev–Trinajstić information content (AvgIpc) is 2.71. The van der Waals surface area contributed by atoms with Gasteiger partial charge in [0.05, 0.1) is 18.0 Å². The first-order chi connectivity index (χ1) is 14.0. The summed E-state index contributed by atoms with van der Waals surface area (Å²) in [4.78, 5) is 13.6. The molecule has 144 valence electrons. The quantitative estimate of drug-likeness (QED) is 0.714. The molecule has 3 aromatic rings. The first-order valence-electron chi connectivity index (χ1n) is 9.11. The van der Waals surface area contributed by atoms with Gasteiger partial charge in [-0.2, -0.15) is 5.26 Å². The molecule has 1 atom stereocenters. The van der Waals surface area contributed by atoms with E-state index in [1.807, 2.05) is 43.3 Å². The molecule has 1 aliphatic rings. The van der Waals surface area contributed by atoms with Gasteiger partial charge in [0.15, 0.2) is 0 Å². The highest BCUT2D eigenvalue weighted by atomic mass is 35.5. The van der Waals surface area contributed by atoms with Crippen LogP contribution >= 0.6 is 11.6 Å². The van der Waals surface area contributed by atoms with Crippen LogP contribution in [0.2, 0.25) is 5.02 Å². The summed E-state index contributed by atoms with van der Waals surface area (Å²) < 4.78 is 7.35. The second kappa shape index (κ2) is 7.50. The van der Waals surface area contributed by atoms with Gasteiger partial charge in [-0.15, -0.1) is 0 Å². The Kier molecular flexibility index (Phi) is 4.87. The largest absolute Gasteiger partial charge is 0.440 e. The number of aryl methyl sites for hydroxylation is 1. The standard InChI is InChI=1S/C23H18ClN3O2/c1-14-11-19-21(23(28)27(14)13-15-7-3-2-4-8-15)20(17(12-25)22(26)29-19)16-9-5-6-10-18(16)24/h2-11,20H,13,26H2,1H3. The Balaban J connectivity index is 1.96. The van der Waals surface area contributed by atoms with Crippen molar-refractivity contribution in [1.82, 2.24) is 4.57 Å². The lowest BCUT2D eigenvalue weighted by Gasteiger charge is -2.27. The molecular formula is C23H18ClN3O2. The molecular weight excluding hydrogens is 386 g/mol. The van der Waals surface area contributed by atoms with Crippen LogP contribution in [0, 0.1) is 18.3 Å². The third-order valence-electron chi connectivity index (χ3n) is 5.09. The first kappa shape index (κ1) is 18.9. The van der Waals surface area contributed by atoms with Crippen LogP contribution in [0.3, 0.4) is 0 Å². The lowest BCUT2D eigenvalue weighted by atomic mass is 9.84. The van der Waals surface area contributed by atoms with E-state index in [-0.39, 0.29) is 17.0 Å². The van der Waals surface area contributed by atoms with E-state index in [4.69, 9.17) is 22.1 Å². The fraction of sp³-hybridized carbons (Fsp3) is 0.130. The van der Waals surface area contributed by atoms with E-state index in [1.54, 1.807) is 28.8 Å². The van der Waals surface area contributed by atoms with Crippen molar-refractivity contribution >= 4 is 11.6 Å². The van der Waals surface area contributed by atoms with Crippen LogP contribution in [-0.4, -0.2) is 4.57 Å². The second-order valence-electron chi connectivity index (χ2n) is 6.89. The van der Waals surface area contributed by atoms with Crippen LogP contribution in [-0.2, 0) is 6.54 Å². The molecule has 2 aromatic carbocycles. The Morgan fingerprint density at radius 2 is 1.86 bits per heavy atom. The lowest BCUT2D eigenvalue weighted by Crippen LogP contribution is -2.33. The number of nitriles is 1. The number of aromatic nitrogens is 1. The van der Waals surface area contributed by atoms with Crippen molar-refractivity contribution in [2.75, 3.05) is 0 Å². The minimum absolute atomic E-state index is 0.00970. The van der Waals surface area contributed by atoms with Gasteiger partial charge in [0.2, 0.25) is 5.88 Å². The molecule has 0 aliphatic carbocycles. The summed E-state index contributed by atoms with van der Waals surface area (Å²) >= 11 is 6.42. The Hall–Kier alpha value is -3.49. The molecule has 29 heavy (non-hydrogen) atoms. The van der Waals surface area contributed by atoms with Gasteiger partial charge in [-0.25, -0.2) is 0 Å². The van der Waals surface area contributed by atoms with Gasteiger partial charge in [0.1, 0.15) is 17.4 Å². The fourth-order valence-electron chi connectivity index (χ4n) is 3.67. The Bertz CT molecular complexity index is 1220. The topological polar surface area (TPSA) is 81.0 Å². The van der Waals surface area contributed by atoms with Gasteiger partial charge in [0, 0.05) is 16.8 Å². The summed E-state index contributed by atoms with van der Waals surface area (Å²) in [6.45, 7) is 2.26. The molecule has 0 amide bonds. The van der Waals surface area contributed by atoms with Crippen molar-refractivity contribution in [2.24, 2.45) is 5.73 Å². The number of allylic oxidation sites excluding steroid dienone is 1. The number of rotatable bonds is 3. The smallest absolute Gasteiger partial charge is 0.259 e. The molecule has 0 fully saturated rings. The number of hydrogen-bond acceptors (Lipinski definition) is 4. The molecule has 6 heteroatoms. The van der Waals surface area contributed by atoms with Gasteiger partial charge in [-0.05, 0) is 24.1 Å². The highest BCUT2D eigenvalue weighted by molar-refractivity contribution is 6.31. The van der Waals surface area contributed by atoms with Crippen LogP contribution in [0.15, 0.2) is 76.9 Å². The molecule has 2 heterocycles. The molecule has 1 aliphatic heterocycles. The van der Waals surface area contributed by atoms with Crippen LogP contribution in [0.5, 0.6) is 5.75 Å². The van der Waals surface area contributed by atoms with Crippen molar-refractivity contribution in [1.29, 1.82) is 5.26 Å². The highest BCUT2D eigenvalue weighted by Gasteiger charge is 2.35. The van der Waals surface area contributed by atoms with Crippen LogP contribution in [0.4, 0.5) is 0 Å². The molecule has 4 rings (SSSR count). The molecule has 1 aromatic heterocycles. The zero-order valence-corrected chi connectivity index (χ0v) is 16.5. The van der Waals surface area contributed by atoms with Crippen molar-refractivity contribution in [3.05, 3.63) is 110 Å². The van der Waals surface area contributed by atoms with E-state index in [2.05, 4.69) is 6.07 Å². The summed E-state index contributed by atoms with van der Waals surface area (Å²) in [5, 5.41) is 10.2. The van der Waals surface area contributed by atoms with Gasteiger partial charge in [-0.3, -0.25) is 4.79 Å². The Labute approximate surface area is 173 Å². The number of halogens is 1. The van der Waals surface area contributed by atoms with E-state index >= 15 is 0 Å². The Morgan fingerprint density at radius 1 is 1.17 bits per heavy atom. The lowest BCUT2D eigenvalue weighted by molar-refractivity contribution is 0.389. The maximum atomic E-state index is 13.6. The third-order valence-corrected chi connectivity index (χ3v) is 5.43. The molecule has 2 N–H and O–H groups in total. The summed E-state index contributed by atoms with van der Waals surface area (Å²) in [5.74, 6) is -0.338. The Morgan fingerprint density at radius 3 is 2.55 bits per heavy atom. The van der Waals surface area contributed by atoms with Gasteiger partial charge >= 0.3 is 0 Å². The zero-order valence-electron chi connectivity index (χ0n) is 15.7. The number of nitrogens with two attached hydrogens (primary N) is 1. The normalized spacial score (nSPS) is 15.4. The molecule has 1 unspecified atom stereocenters. The maximum Gasteiger partial charge on any atom is 0.259 e. The van der Waals surface area contributed by atoms with Crippen molar-refractivity contribution < 1.29 is 4.74 Å². The number of benzene rings is 2. The zero-order chi connectivity index (χ0) is 20.5. The molecule has 0 saturated carbocycles. The number of hydrogen-bond donors (Lipinski definition) is 1. The van der Waals surface area contributed by atoms with Crippen LogP contribution in [0.25, 0.3) is 0 Å². The van der Waals surface area contributed by atoms with Crippen molar-refractivity contribution in [2.45, 2.75) is 19.4 Å². The summed E-state index contributed by atoms with van der Waals surface area (Å²) in [5.41, 5.74) is 8.73. The van der Waals surface area contributed by atoms with E-state index in [0.717, 1.165) is 11.3 Å². The van der Waals surface area contributed by atoms with Gasteiger partial charge in [0.25, 0.3) is 5.56 Å². The predicted octanol–water partition coefficient (Wildman–Crippen LogP) is 4.08. The maximum absolute atomic E-state index is 13.6. The second-order valence-corrected chi connectivity index (χ2v) is 7.29. The summed E-state index contributed by atoms with van der Waals surface area (Å²) in [7, 11) is 0. The van der Waals surface area contributed by atoms with E-state index in [9.17, 15) is 10.1 Å². The summed E-state index contributed by atoms with van der Waals surface area (Å²) in [6.07, 6.45) is 0. The van der Waals surface area contributed by atoms with Crippen molar-refractivity contribution in [3.8, 4) is 11.8 Å². The van der Waals surface area contributed by atoms with Crippen LogP contribution in [0.1, 0.15) is 28.3 Å². The molecule has 0 spiro atoms. The van der Waals surface area contributed by atoms with E-state index in [0.29, 0.717) is 28.4 Å². The predicted molar refractivity (Wildman–Crippen MR) is 112 cm³/mol. The fourth-order valence-corrected chi connectivity index (χ4v) is 3.91. The highest BCUT2D eigenvalue weighted by Crippen LogP contribution is 2.42. The molecule has 0 saturated heterocycles. The van der Waals surface area contributed by atoms with Gasteiger partial charge in [-0.1, -0.05) is 60.1 Å². The molecule has 0 radical (unpaired) electrons. The number of pyridine rings is 1. The van der Waals surface area contributed by atoms with Crippen molar-refractivity contribution in [3.63, 3.8) is 0 Å². The number of ether oxygens (including phenoxy) is 1. The summed E-state index contributed by atoms with van der Waals surface area (Å²) in [6, 6.07) is 20.8. The molecule has 5 nitrogen and oxygen atoms in total. The van der Waals surface area contributed by atoms with E-state index < -0.39 is 5.92 Å². The van der Waals surface area contributed by atoms with E-state index in [1.165, 1.54) is 0 Å². The SMILES string of the molecule is Cc1cc2c(c(=O)n1Cc1ccccc1)C(c1ccccc1Cl)C(C#N)=C(N)O2. The third kappa shape index (κ3) is 3.28. The first-order valence-corrected chi connectivity index (χ1v) is 9.49. The number of nitrogens with zero attached hydrogens (tertiary/aromatic N) is 2. The average molecular weight is 404 g/mol. The number of fused-ring (bicyclic) bond motifs is 1. The minimum Gasteiger partial charge on any atom is -0.440 e. The minimum atomic E-state index is -0.687.